The summed E-state index contributed by atoms with van der Waals surface area (Å²) in [6, 6.07) is 13.5. The molecule has 3 aromatic rings. The van der Waals surface area contributed by atoms with E-state index >= 15 is 0 Å². The van der Waals surface area contributed by atoms with Gasteiger partial charge >= 0.3 is 5.91 Å². The Hall–Kier alpha value is -3.91. The van der Waals surface area contributed by atoms with Gasteiger partial charge in [0.2, 0.25) is 0 Å². The molecule has 0 unspecified atom stereocenters. The minimum absolute atomic E-state index is 0.0843. The molecular weight excluding hydrogens is 456 g/mol. The first-order valence-corrected chi connectivity index (χ1v) is 11.1. The highest BCUT2D eigenvalue weighted by atomic mass is 35.5. The van der Waals surface area contributed by atoms with Crippen molar-refractivity contribution in [3.8, 4) is 0 Å². The number of benzene rings is 2. The second kappa shape index (κ2) is 9.93. The highest BCUT2D eigenvalue weighted by Gasteiger charge is 2.28. The maximum atomic E-state index is 12.7. The van der Waals surface area contributed by atoms with Crippen LogP contribution in [0.5, 0.6) is 0 Å². The van der Waals surface area contributed by atoms with Gasteiger partial charge in [0.25, 0.3) is 11.8 Å². The van der Waals surface area contributed by atoms with E-state index in [1.807, 2.05) is 19.1 Å². The zero-order valence-corrected chi connectivity index (χ0v) is 19.5. The fraction of sp³-hybridized carbons (Fsp3) is 0.200. The maximum Gasteiger partial charge on any atom is 0.305 e. The zero-order chi connectivity index (χ0) is 24.2. The maximum absolute atomic E-state index is 12.7. The van der Waals surface area contributed by atoms with Crippen molar-refractivity contribution >= 4 is 35.0 Å². The molecule has 3 N–H and O–H groups in total. The van der Waals surface area contributed by atoms with Crippen LogP contribution < -0.4 is 16.3 Å². The summed E-state index contributed by atoms with van der Waals surface area (Å²) in [5.41, 5.74) is 11.1. The smallest absolute Gasteiger partial charge is 0.305 e. The lowest BCUT2D eigenvalue weighted by molar-refractivity contribution is 0.0829. The van der Waals surface area contributed by atoms with E-state index in [1.165, 1.54) is 0 Å². The molecular formula is C25H23ClN4O4. The second-order valence-corrected chi connectivity index (χ2v) is 8.43. The number of halogens is 1. The number of hydrazone groups is 1. The van der Waals surface area contributed by atoms with Crippen molar-refractivity contribution in [1.29, 1.82) is 0 Å². The number of nitrogens with zero attached hydrogens (tertiary/aromatic N) is 1. The molecule has 174 valence electrons. The van der Waals surface area contributed by atoms with Crippen LogP contribution in [-0.4, -0.2) is 23.4 Å². The largest absolute Gasteiger partial charge is 0.455 e. The molecule has 0 atom stereocenters. The van der Waals surface area contributed by atoms with Crippen LogP contribution in [0.15, 0.2) is 58.0 Å². The van der Waals surface area contributed by atoms with Gasteiger partial charge in [-0.1, -0.05) is 29.3 Å². The Bertz CT molecular complexity index is 1290. The summed E-state index contributed by atoms with van der Waals surface area (Å²) in [7, 11) is 0. The van der Waals surface area contributed by atoms with Crippen LogP contribution in [0.25, 0.3) is 0 Å². The summed E-state index contributed by atoms with van der Waals surface area (Å²) in [6.45, 7) is 3.66. The predicted octanol–water partition coefficient (Wildman–Crippen LogP) is 4.10. The quantitative estimate of drug-likeness (QED) is 0.490. The summed E-state index contributed by atoms with van der Waals surface area (Å²) >= 11 is 5.83. The lowest BCUT2D eigenvalue weighted by Crippen LogP contribution is -2.41. The number of aryl methyl sites for hydroxylation is 2. The highest BCUT2D eigenvalue weighted by molar-refractivity contribution is 6.30. The number of hydrogen-bond acceptors (Lipinski definition) is 5. The summed E-state index contributed by atoms with van der Waals surface area (Å²) in [5.74, 6) is -0.674. The van der Waals surface area contributed by atoms with Crippen LogP contribution in [0.1, 0.15) is 66.6 Å². The summed E-state index contributed by atoms with van der Waals surface area (Å²) in [5, 5.41) is 4.83. The number of amides is 3. The molecule has 0 radical (unpaired) electrons. The van der Waals surface area contributed by atoms with Crippen molar-refractivity contribution in [2.24, 2.45) is 5.10 Å². The van der Waals surface area contributed by atoms with Gasteiger partial charge in [-0.05, 0) is 63.1 Å². The molecule has 0 saturated heterocycles. The average molecular weight is 479 g/mol. The normalized spacial score (nSPS) is 13.8. The number of carbonyl (C=O) groups excluding carboxylic acids is 3. The van der Waals surface area contributed by atoms with Crippen molar-refractivity contribution < 1.29 is 18.8 Å². The lowest BCUT2D eigenvalue weighted by atomic mass is 9.93. The van der Waals surface area contributed by atoms with E-state index in [1.54, 1.807) is 43.3 Å². The van der Waals surface area contributed by atoms with E-state index in [0.29, 0.717) is 51.6 Å². The SMILES string of the molecule is Cc1cccc(C(=O)N/N=C2\CCCc3oc(C(=O)NNC(=O)c4ccc(Cl)cc4)c(C)c32)c1. The topological polar surface area (TPSA) is 113 Å². The molecule has 1 heterocycles. The molecule has 0 spiro atoms. The standard InChI is InChI=1S/C25H23ClN4O4/c1-14-5-3-6-17(13-14)24(32)28-27-19-7-4-8-20-21(19)15(2)22(34-20)25(33)30-29-23(31)16-9-11-18(26)12-10-16/h3,5-6,9-13H,4,7-8H2,1-2H3,(H,28,32)(H,29,31)(H,30,33)/b27-19+. The van der Waals surface area contributed by atoms with Crippen molar-refractivity contribution in [3.05, 3.63) is 92.9 Å². The van der Waals surface area contributed by atoms with Crippen molar-refractivity contribution in [2.45, 2.75) is 33.1 Å². The summed E-state index contributed by atoms with van der Waals surface area (Å²) in [4.78, 5) is 37.4. The Morgan fingerprint density at radius 1 is 0.912 bits per heavy atom. The first-order chi connectivity index (χ1) is 16.3. The van der Waals surface area contributed by atoms with E-state index in [-0.39, 0.29) is 11.7 Å². The first kappa shape index (κ1) is 23.3. The number of furan rings is 1. The van der Waals surface area contributed by atoms with Crippen LogP contribution >= 0.6 is 11.6 Å². The van der Waals surface area contributed by atoms with Crippen LogP contribution in [-0.2, 0) is 6.42 Å². The molecule has 1 aromatic heterocycles. The average Bonchev–Trinajstić information content (AvgIpc) is 3.18. The first-order valence-electron chi connectivity index (χ1n) is 10.8. The monoisotopic (exact) mass is 478 g/mol. The minimum Gasteiger partial charge on any atom is -0.455 e. The van der Waals surface area contributed by atoms with E-state index in [4.69, 9.17) is 16.0 Å². The molecule has 2 aromatic carbocycles. The lowest BCUT2D eigenvalue weighted by Gasteiger charge is -2.13. The summed E-state index contributed by atoms with van der Waals surface area (Å²) < 4.78 is 5.82. The predicted molar refractivity (Wildman–Crippen MR) is 128 cm³/mol. The Morgan fingerprint density at radius 3 is 2.38 bits per heavy atom. The zero-order valence-electron chi connectivity index (χ0n) is 18.7. The van der Waals surface area contributed by atoms with E-state index < -0.39 is 11.8 Å². The fourth-order valence-corrected chi connectivity index (χ4v) is 3.94. The van der Waals surface area contributed by atoms with Gasteiger partial charge in [-0.15, -0.1) is 0 Å². The third-order valence-electron chi connectivity index (χ3n) is 5.50. The van der Waals surface area contributed by atoms with Crippen molar-refractivity contribution in [1.82, 2.24) is 16.3 Å². The number of nitrogens with one attached hydrogen (secondary N) is 3. The molecule has 34 heavy (non-hydrogen) atoms. The molecule has 4 rings (SSSR count). The molecule has 1 aliphatic carbocycles. The molecule has 9 heteroatoms. The van der Waals surface area contributed by atoms with E-state index in [0.717, 1.165) is 12.0 Å². The second-order valence-electron chi connectivity index (χ2n) is 7.99. The van der Waals surface area contributed by atoms with Crippen molar-refractivity contribution in [2.75, 3.05) is 0 Å². The Kier molecular flexibility index (Phi) is 6.79. The van der Waals surface area contributed by atoms with Crippen LogP contribution in [0.2, 0.25) is 5.02 Å². The van der Waals surface area contributed by atoms with Gasteiger partial charge in [-0.3, -0.25) is 25.2 Å². The summed E-state index contributed by atoms with van der Waals surface area (Å²) in [6.07, 6.45) is 2.05. The van der Waals surface area contributed by atoms with Crippen LogP contribution in [0.3, 0.4) is 0 Å². The molecule has 3 amide bonds. The number of rotatable bonds is 4. The number of hydrogen-bond donors (Lipinski definition) is 3. The third kappa shape index (κ3) is 5.02. The van der Waals surface area contributed by atoms with Crippen molar-refractivity contribution in [3.63, 3.8) is 0 Å². The highest BCUT2D eigenvalue weighted by Crippen LogP contribution is 2.29. The van der Waals surface area contributed by atoms with Gasteiger partial charge in [0.15, 0.2) is 5.76 Å². The minimum atomic E-state index is -0.586. The van der Waals surface area contributed by atoms with Gasteiger partial charge in [0.1, 0.15) is 5.76 Å². The van der Waals surface area contributed by atoms with Gasteiger partial charge in [-0.25, -0.2) is 5.43 Å². The van der Waals surface area contributed by atoms with Gasteiger partial charge in [0.05, 0.1) is 5.71 Å². The number of hydrazine groups is 1. The molecule has 0 saturated carbocycles. The van der Waals surface area contributed by atoms with Gasteiger partial charge < -0.3 is 4.42 Å². The Morgan fingerprint density at radius 2 is 1.65 bits per heavy atom. The Labute approximate surface area is 201 Å². The molecule has 0 bridgehead atoms. The van der Waals surface area contributed by atoms with E-state index in [2.05, 4.69) is 21.4 Å². The molecule has 8 nitrogen and oxygen atoms in total. The number of fused-ring (bicyclic) bond motifs is 1. The van der Waals surface area contributed by atoms with Crippen LogP contribution in [0.4, 0.5) is 0 Å². The molecule has 1 aliphatic rings. The van der Waals surface area contributed by atoms with Crippen LogP contribution in [0, 0.1) is 13.8 Å². The van der Waals surface area contributed by atoms with E-state index in [9.17, 15) is 14.4 Å². The Balaban J connectivity index is 1.48. The van der Waals surface area contributed by atoms with Gasteiger partial charge in [0, 0.05) is 33.7 Å². The number of carbonyl (C=O) groups is 3. The van der Waals surface area contributed by atoms with Gasteiger partial charge in [-0.2, -0.15) is 5.10 Å². The third-order valence-corrected chi connectivity index (χ3v) is 5.75. The molecule has 0 aliphatic heterocycles. The fourth-order valence-electron chi connectivity index (χ4n) is 3.81. The molecule has 0 fully saturated rings.